The van der Waals surface area contributed by atoms with Gasteiger partial charge in [0.05, 0.1) is 11.1 Å². The van der Waals surface area contributed by atoms with Crippen molar-refractivity contribution in [2.24, 2.45) is 0 Å². The Labute approximate surface area is 185 Å². The van der Waals surface area contributed by atoms with Crippen LogP contribution in [0.4, 0.5) is 0 Å². The number of hydrogen-bond donors (Lipinski definition) is 3. The Morgan fingerprint density at radius 1 is 0.969 bits per heavy atom. The van der Waals surface area contributed by atoms with E-state index in [4.69, 9.17) is 0 Å². The van der Waals surface area contributed by atoms with E-state index < -0.39 is 23.8 Å². The molecule has 0 saturated carbocycles. The number of carbonyl (C=O) groups excluding carboxylic acids is 4. The largest absolute Gasteiger partial charge is 0.312 e. The smallest absolute Gasteiger partial charge is 0.262 e. The first-order valence-electron chi connectivity index (χ1n) is 10.9. The first-order chi connectivity index (χ1) is 15.5. The third-order valence-electron chi connectivity index (χ3n) is 6.36. The minimum Gasteiger partial charge on any atom is -0.312 e. The fourth-order valence-electron chi connectivity index (χ4n) is 4.71. The molecule has 2 aromatic carbocycles. The molecular formula is C24H24N4O4. The number of benzene rings is 2. The Kier molecular flexibility index (Phi) is 5.32. The molecule has 1 fully saturated rings. The van der Waals surface area contributed by atoms with E-state index in [0.29, 0.717) is 24.2 Å². The molecule has 3 aliphatic heterocycles. The van der Waals surface area contributed by atoms with Gasteiger partial charge in [0, 0.05) is 26.1 Å². The van der Waals surface area contributed by atoms with Gasteiger partial charge < -0.3 is 10.6 Å². The van der Waals surface area contributed by atoms with Gasteiger partial charge in [0.2, 0.25) is 11.8 Å². The molecule has 1 unspecified atom stereocenters. The molecule has 0 radical (unpaired) electrons. The zero-order chi connectivity index (χ0) is 22.2. The van der Waals surface area contributed by atoms with E-state index in [1.165, 1.54) is 16.7 Å². The quantitative estimate of drug-likeness (QED) is 0.609. The SMILES string of the molecule is O=C1CCC(N2C(=O)c3cccc(CNCc4ccc5c(c4)CCNC5)c3C2=O)C(=O)N1. The summed E-state index contributed by atoms with van der Waals surface area (Å²) in [5, 5.41) is 8.97. The zero-order valence-electron chi connectivity index (χ0n) is 17.6. The van der Waals surface area contributed by atoms with E-state index in [9.17, 15) is 19.2 Å². The molecule has 8 nitrogen and oxygen atoms in total. The zero-order valence-corrected chi connectivity index (χ0v) is 17.6. The fourth-order valence-corrected chi connectivity index (χ4v) is 4.71. The molecule has 32 heavy (non-hydrogen) atoms. The molecule has 3 N–H and O–H groups in total. The summed E-state index contributed by atoms with van der Waals surface area (Å²) in [6, 6.07) is 10.7. The molecule has 164 valence electrons. The number of nitrogens with zero attached hydrogens (tertiary/aromatic N) is 1. The van der Waals surface area contributed by atoms with E-state index in [2.05, 4.69) is 34.1 Å². The number of amides is 4. The highest BCUT2D eigenvalue weighted by atomic mass is 16.2. The standard InChI is InChI=1S/C24H24N4O4/c29-20-7-6-19(22(30)27-20)28-23(31)18-3-1-2-17(21(18)24(28)32)13-26-11-14-4-5-16-12-25-9-8-15(16)10-14/h1-5,10,19,25-26H,6-9,11-13H2,(H,27,29,30). The highest BCUT2D eigenvalue weighted by Crippen LogP contribution is 2.30. The highest BCUT2D eigenvalue weighted by molar-refractivity contribution is 6.24. The van der Waals surface area contributed by atoms with Gasteiger partial charge in [-0.15, -0.1) is 0 Å². The number of carbonyl (C=O) groups is 4. The summed E-state index contributed by atoms with van der Waals surface area (Å²) in [6.45, 7) is 2.95. The van der Waals surface area contributed by atoms with Crippen molar-refractivity contribution in [1.29, 1.82) is 0 Å². The third kappa shape index (κ3) is 3.61. The Hall–Kier alpha value is -3.36. The second-order valence-electron chi connectivity index (χ2n) is 8.42. The Morgan fingerprint density at radius 3 is 2.69 bits per heavy atom. The van der Waals surface area contributed by atoms with E-state index in [1.54, 1.807) is 12.1 Å². The minimum absolute atomic E-state index is 0.106. The van der Waals surface area contributed by atoms with E-state index in [1.807, 2.05) is 6.07 Å². The Bertz CT molecular complexity index is 1140. The highest BCUT2D eigenvalue weighted by Gasteiger charge is 2.45. The first kappa shape index (κ1) is 20.5. The first-order valence-corrected chi connectivity index (χ1v) is 10.9. The monoisotopic (exact) mass is 432 g/mol. The third-order valence-corrected chi connectivity index (χ3v) is 6.36. The van der Waals surface area contributed by atoms with Crippen molar-refractivity contribution in [2.75, 3.05) is 6.54 Å². The fraction of sp³-hybridized carbons (Fsp3) is 0.333. The van der Waals surface area contributed by atoms with Crippen molar-refractivity contribution in [3.05, 3.63) is 69.8 Å². The van der Waals surface area contributed by atoms with Crippen LogP contribution >= 0.6 is 0 Å². The molecule has 0 bridgehead atoms. The molecule has 0 aliphatic carbocycles. The molecule has 0 aromatic heterocycles. The number of hydrogen-bond acceptors (Lipinski definition) is 6. The Balaban J connectivity index is 1.31. The molecule has 1 saturated heterocycles. The number of piperidine rings is 1. The summed E-state index contributed by atoms with van der Waals surface area (Å²) < 4.78 is 0. The maximum absolute atomic E-state index is 13.2. The van der Waals surface area contributed by atoms with E-state index >= 15 is 0 Å². The summed E-state index contributed by atoms with van der Waals surface area (Å²) in [7, 11) is 0. The molecule has 3 heterocycles. The van der Waals surface area contributed by atoms with E-state index in [0.717, 1.165) is 30.0 Å². The van der Waals surface area contributed by atoms with Crippen LogP contribution in [0.1, 0.15) is 55.8 Å². The van der Waals surface area contributed by atoms with Gasteiger partial charge in [0.15, 0.2) is 0 Å². The lowest BCUT2D eigenvalue weighted by atomic mass is 9.98. The van der Waals surface area contributed by atoms with Crippen molar-refractivity contribution in [3.8, 4) is 0 Å². The van der Waals surface area contributed by atoms with Gasteiger partial charge in [0.25, 0.3) is 11.8 Å². The van der Waals surface area contributed by atoms with Crippen LogP contribution in [-0.4, -0.2) is 41.1 Å². The predicted octanol–water partition coefficient (Wildman–Crippen LogP) is 1.02. The Morgan fingerprint density at radius 2 is 1.84 bits per heavy atom. The van der Waals surface area contributed by atoms with Gasteiger partial charge >= 0.3 is 0 Å². The second-order valence-corrected chi connectivity index (χ2v) is 8.42. The topological polar surface area (TPSA) is 108 Å². The van der Waals surface area contributed by atoms with Gasteiger partial charge in [-0.25, -0.2) is 0 Å². The maximum atomic E-state index is 13.2. The lowest BCUT2D eigenvalue weighted by molar-refractivity contribution is -0.136. The molecule has 1 atom stereocenters. The van der Waals surface area contributed by atoms with Crippen molar-refractivity contribution < 1.29 is 19.2 Å². The van der Waals surface area contributed by atoms with Crippen molar-refractivity contribution >= 4 is 23.6 Å². The van der Waals surface area contributed by atoms with Gasteiger partial charge in [-0.1, -0.05) is 30.3 Å². The summed E-state index contributed by atoms with van der Waals surface area (Å²) in [6.07, 6.45) is 1.27. The predicted molar refractivity (Wildman–Crippen MR) is 116 cm³/mol. The lowest BCUT2D eigenvalue weighted by Crippen LogP contribution is -2.54. The summed E-state index contributed by atoms with van der Waals surface area (Å²) in [5.41, 5.74) is 5.23. The molecule has 0 spiro atoms. The van der Waals surface area contributed by atoms with Crippen LogP contribution < -0.4 is 16.0 Å². The van der Waals surface area contributed by atoms with Crippen LogP contribution in [0.25, 0.3) is 0 Å². The van der Waals surface area contributed by atoms with Gasteiger partial charge in [-0.2, -0.15) is 0 Å². The molecule has 2 aromatic rings. The summed E-state index contributed by atoms with van der Waals surface area (Å²) in [4.78, 5) is 50.8. The average molecular weight is 432 g/mol. The second kappa shape index (κ2) is 8.29. The van der Waals surface area contributed by atoms with Crippen LogP contribution in [0, 0.1) is 0 Å². The van der Waals surface area contributed by atoms with Crippen molar-refractivity contribution in [2.45, 2.75) is 44.9 Å². The number of fused-ring (bicyclic) bond motifs is 2. The molecule has 5 rings (SSSR count). The van der Waals surface area contributed by atoms with Gasteiger partial charge in [0.1, 0.15) is 6.04 Å². The normalized spacial score (nSPS) is 20.2. The van der Waals surface area contributed by atoms with Gasteiger partial charge in [-0.3, -0.25) is 29.4 Å². The molecule has 8 heteroatoms. The van der Waals surface area contributed by atoms with Crippen LogP contribution in [0.3, 0.4) is 0 Å². The molecule has 3 aliphatic rings. The molecule has 4 amide bonds. The average Bonchev–Trinajstić information content (AvgIpc) is 3.05. The summed E-state index contributed by atoms with van der Waals surface area (Å²) >= 11 is 0. The van der Waals surface area contributed by atoms with Crippen LogP contribution in [0.15, 0.2) is 36.4 Å². The number of imide groups is 2. The van der Waals surface area contributed by atoms with Crippen molar-refractivity contribution in [3.63, 3.8) is 0 Å². The molecular weight excluding hydrogens is 408 g/mol. The minimum atomic E-state index is -0.953. The van der Waals surface area contributed by atoms with Crippen LogP contribution in [0.2, 0.25) is 0 Å². The number of nitrogens with one attached hydrogen (secondary N) is 3. The number of rotatable bonds is 5. The van der Waals surface area contributed by atoms with Gasteiger partial charge in [-0.05, 0) is 47.7 Å². The van der Waals surface area contributed by atoms with Crippen molar-refractivity contribution in [1.82, 2.24) is 20.9 Å². The van der Waals surface area contributed by atoms with Crippen LogP contribution in [0.5, 0.6) is 0 Å². The maximum Gasteiger partial charge on any atom is 0.262 e. The van der Waals surface area contributed by atoms with E-state index in [-0.39, 0.29) is 18.7 Å². The van der Waals surface area contributed by atoms with Crippen LogP contribution in [-0.2, 0) is 35.6 Å². The summed E-state index contributed by atoms with van der Waals surface area (Å²) in [5.74, 6) is -1.94. The lowest BCUT2D eigenvalue weighted by Gasteiger charge is -2.27.